The lowest BCUT2D eigenvalue weighted by molar-refractivity contribution is -0.369. The molecule has 0 amide bonds. The van der Waals surface area contributed by atoms with Crippen LogP contribution in [0.15, 0.2) is 11.6 Å². The molecule has 0 aromatic heterocycles. The van der Waals surface area contributed by atoms with E-state index in [0.717, 1.165) is 38.5 Å². The molecule has 2 saturated heterocycles. The maximum atomic E-state index is 13.1. The van der Waals surface area contributed by atoms with E-state index in [9.17, 15) is 50.8 Å². The zero-order valence-electron chi connectivity index (χ0n) is 33.2. The molecule has 4 saturated carbocycles. The third-order valence-electron chi connectivity index (χ3n) is 17.0. The van der Waals surface area contributed by atoms with Gasteiger partial charge in [0.15, 0.2) is 12.6 Å². The van der Waals surface area contributed by atoms with Crippen molar-refractivity contribution in [3.63, 3.8) is 0 Å². The summed E-state index contributed by atoms with van der Waals surface area (Å²) in [6.07, 6.45) is -7.24. The Morgan fingerprint density at radius 2 is 1.49 bits per heavy atom. The van der Waals surface area contributed by atoms with E-state index in [1.54, 1.807) is 0 Å². The van der Waals surface area contributed by atoms with Crippen molar-refractivity contribution in [3.05, 3.63) is 11.6 Å². The first-order valence-corrected chi connectivity index (χ1v) is 20.5. The molecule has 6 fully saturated rings. The first-order valence-electron chi connectivity index (χ1n) is 20.5. The highest BCUT2D eigenvalue weighted by atomic mass is 16.7. The van der Waals surface area contributed by atoms with Crippen LogP contribution in [0, 0.1) is 50.2 Å². The number of aliphatic hydroxyl groups is 8. The van der Waals surface area contributed by atoms with E-state index < -0.39 is 96.3 Å². The summed E-state index contributed by atoms with van der Waals surface area (Å²) in [5.74, 6) is -0.728. The van der Waals surface area contributed by atoms with Gasteiger partial charge in [-0.2, -0.15) is 0 Å². The van der Waals surface area contributed by atoms with E-state index in [1.165, 1.54) is 5.57 Å². The van der Waals surface area contributed by atoms with Gasteiger partial charge < -0.3 is 64.9 Å². The molecular weight excluding hydrogens is 716 g/mol. The maximum Gasteiger partial charge on any atom is 0.310 e. The number of carboxylic acids is 1. The van der Waals surface area contributed by atoms with Crippen LogP contribution < -0.4 is 0 Å². The molecule has 55 heavy (non-hydrogen) atoms. The van der Waals surface area contributed by atoms with E-state index in [1.807, 2.05) is 6.92 Å². The molecule has 2 aliphatic heterocycles. The first kappa shape index (κ1) is 41.9. The Bertz CT molecular complexity index is 1490. The molecule has 0 spiro atoms. The summed E-state index contributed by atoms with van der Waals surface area (Å²) < 4.78 is 23.4. The zero-order valence-corrected chi connectivity index (χ0v) is 33.2. The molecule has 19 atom stereocenters. The van der Waals surface area contributed by atoms with Crippen LogP contribution in [0.2, 0.25) is 0 Å². The lowest BCUT2D eigenvalue weighted by atomic mass is 9.33. The molecule has 0 aromatic carbocycles. The number of fused-ring (bicyclic) bond motifs is 7. The van der Waals surface area contributed by atoms with Crippen molar-refractivity contribution < 1.29 is 69.7 Å². The van der Waals surface area contributed by atoms with Gasteiger partial charge >= 0.3 is 5.97 Å². The van der Waals surface area contributed by atoms with E-state index in [0.29, 0.717) is 19.3 Å². The SMILES string of the molecule is CC1(C)CC[C@]2(C(=O)O)CC[C@]3(C)C(=CC[C@@H]4[C@@]5(C)C[C@H](O)[C@H](O[C@@H]6O[C@H](CO)[C@@H](O)[C@H](O[C@@H]7OC[C@@H](O)[C@H](O)[C@H]7O)[C@H]6O)[C@@](C)(CO)[C@@H]5CC[C@]43C)[C@@H]2C1. The normalized spacial score (nSPS) is 54.9. The molecule has 0 unspecified atom stereocenters. The van der Waals surface area contributed by atoms with Crippen molar-refractivity contribution in [2.24, 2.45) is 50.2 Å². The largest absolute Gasteiger partial charge is 0.481 e. The van der Waals surface area contributed by atoms with Crippen LogP contribution in [0.5, 0.6) is 0 Å². The van der Waals surface area contributed by atoms with Crippen molar-refractivity contribution in [1.29, 1.82) is 0 Å². The predicted molar refractivity (Wildman–Crippen MR) is 195 cm³/mol. The molecule has 2 heterocycles. The van der Waals surface area contributed by atoms with E-state index >= 15 is 0 Å². The van der Waals surface area contributed by atoms with Crippen LogP contribution in [-0.4, -0.2) is 139 Å². The van der Waals surface area contributed by atoms with Crippen LogP contribution in [0.3, 0.4) is 0 Å². The fourth-order valence-corrected chi connectivity index (χ4v) is 13.5. The van der Waals surface area contributed by atoms with Gasteiger partial charge in [0.1, 0.15) is 42.7 Å². The Kier molecular flexibility index (Phi) is 10.8. The van der Waals surface area contributed by atoms with E-state index in [4.69, 9.17) is 18.9 Å². The number of hydrogen-bond acceptors (Lipinski definition) is 13. The molecule has 7 aliphatic rings. The summed E-state index contributed by atoms with van der Waals surface area (Å²) in [5, 5.41) is 97.3. The summed E-state index contributed by atoms with van der Waals surface area (Å²) in [5.41, 5.74) is -1.33. The molecule has 9 N–H and O–H groups in total. The Morgan fingerprint density at radius 1 is 0.800 bits per heavy atom. The predicted octanol–water partition coefficient (Wildman–Crippen LogP) is 1.46. The van der Waals surface area contributed by atoms with Gasteiger partial charge in [-0.25, -0.2) is 0 Å². The van der Waals surface area contributed by atoms with Gasteiger partial charge in [-0.05, 0) is 97.2 Å². The highest BCUT2D eigenvalue weighted by Crippen LogP contribution is 2.76. The molecule has 0 aromatic rings. The Hall–Kier alpha value is -1.27. The van der Waals surface area contributed by atoms with Crippen molar-refractivity contribution in [3.8, 4) is 0 Å². The van der Waals surface area contributed by atoms with Gasteiger partial charge in [0.05, 0.1) is 37.4 Å². The van der Waals surface area contributed by atoms with Gasteiger partial charge in [-0.1, -0.05) is 53.2 Å². The summed E-state index contributed by atoms with van der Waals surface area (Å²) in [6, 6.07) is 0. The molecular formula is C41H66O14. The minimum atomic E-state index is -1.72. The summed E-state index contributed by atoms with van der Waals surface area (Å²) in [7, 11) is 0. The van der Waals surface area contributed by atoms with Gasteiger partial charge in [-0.3, -0.25) is 4.79 Å². The highest BCUT2D eigenvalue weighted by molar-refractivity contribution is 5.76. The Labute approximate surface area is 323 Å². The van der Waals surface area contributed by atoms with Crippen molar-refractivity contribution >= 4 is 5.97 Å². The lowest BCUT2D eigenvalue weighted by Gasteiger charge is -2.71. The highest BCUT2D eigenvalue weighted by Gasteiger charge is 2.71. The van der Waals surface area contributed by atoms with Crippen LogP contribution in [0.1, 0.15) is 99.3 Å². The van der Waals surface area contributed by atoms with Gasteiger partial charge in [0.25, 0.3) is 0 Å². The Balaban J connectivity index is 1.16. The number of rotatable bonds is 7. The number of aliphatic hydroxyl groups excluding tert-OH is 8. The number of ether oxygens (including phenoxy) is 4. The van der Waals surface area contributed by atoms with Crippen molar-refractivity contribution in [1.82, 2.24) is 0 Å². The van der Waals surface area contributed by atoms with Crippen LogP contribution >= 0.6 is 0 Å². The summed E-state index contributed by atoms with van der Waals surface area (Å²) >= 11 is 0. The molecule has 0 bridgehead atoms. The minimum absolute atomic E-state index is 0.0335. The quantitative estimate of drug-likeness (QED) is 0.132. The van der Waals surface area contributed by atoms with E-state index in [2.05, 4.69) is 40.7 Å². The molecule has 14 nitrogen and oxygen atoms in total. The average Bonchev–Trinajstić information content (AvgIpc) is 3.12. The fourth-order valence-electron chi connectivity index (χ4n) is 13.5. The first-order chi connectivity index (χ1) is 25.6. The average molecular weight is 783 g/mol. The van der Waals surface area contributed by atoms with Crippen molar-refractivity contribution in [2.45, 2.75) is 167 Å². The van der Waals surface area contributed by atoms with Gasteiger partial charge in [-0.15, -0.1) is 0 Å². The monoisotopic (exact) mass is 782 g/mol. The zero-order chi connectivity index (χ0) is 40.3. The molecule has 314 valence electrons. The van der Waals surface area contributed by atoms with Gasteiger partial charge in [0.2, 0.25) is 0 Å². The maximum absolute atomic E-state index is 13.1. The minimum Gasteiger partial charge on any atom is -0.481 e. The Morgan fingerprint density at radius 3 is 2.15 bits per heavy atom. The van der Waals surface area contributed by atoms with Crippen LogP contribution in [0.25, 0.3) is 0 Å². The van der Waals surface area contributed by atoms with Crippen LogP contribution in [-0.2, 0) is 23.7 Å². The fraction of sp³-hybridized carbons (Fsp3) is 0.927. The lowest BCUT2D eigenvalue weighted by Crippen LogP contribution is -2.70. The van der Waals surface area contributed by atoms with Gasteiger partial charge in [0, 0.05) is 5.41 Å². The second-order valence-corrected chi connectivity index (χ2v) is 20.2. The summed E-state index contributed by atoms with van der Waals surface area (Å²) in [6.45, 7) is 12.0. The van der Waals surface area contributed by atoms with Crippen molar-refractivity contribution in [2.75, 3.05) is 19.8 Å². The molecule has 14 heteroatoms. The number of hydrogen-bond donors (Lipinski definition) is 9. The number of allylic oxidation sites excluding steroid dienone is 2. The third kappa shape index (κ3) is 6.13. The topological polar surface area (TPSA) is 236 Å². The molecule has 0 radical (unpaired) electrons. The number of aliphatic carboxylic acids is 1. The summed E-state index contributed by atoms with van der Waals surface area (Å²) in [4.78, 5) is 13.1. The second-order valence-electron chi connectivity index (χ2n) is 20.2. The standard InChI is InChI=1S/C41H66O14/c1-36(2)11-13-41(35(50)51)14-12-39(5)20(21(41)15-36)7-8-26-37(3)16-22(44)32(38(4,19-43)25(37)9-10-40(26,39)6)55-34-30(49)31(28(47)24(17-42)53-34)54-33-29(48)27(46)23(45)18-52-33/h7,21-34,42-49H,8-19H2,1-6H3,(H,50,51)/t21-,22-,23+,24+,25+,26+,27-,28+,29+,30+,31-,32-,33-,34-,37-,38-,39+,40+,41-/m0/s1. The van der Waals surface area contributed by atoms with E-state index in [-0.39, 0.29) is 47.2 Å². The molecule has 5 aliphatic carbocycles. The molecule has 7 rings (SSSR count). The smallest absolute Gasteiger partial charge is 0.310 e. The third-order valence-corrected chi connectivity index (χ3v) is 17.0. The number of carbonyl (C=O) groups is 1. The number of carboxylic acid groups (broad SMARTS) is 1. The van der Waals surface area contributed by atoms with Crippen LogP contribution in [0.4, 0.5) is 0 Å². The second kappa shape index (κ2) is 14.2.